The Balaban J connectivity index is 2.15. The van der Waals surface area contributed by atoms with Crippen LogP contribution in [0.25, 0.3) is 0 Å². The average Bonchev–Trinajstić information content (AvgIpc) is 2.52. The van der Waals surface area contributed by atoms with Crippen LogP contribution in [0.15, 0.2) is 42.5 Å². The average molecular weight is 284 g/mol. The predicted octanol–water partition coefficient (Wildman–Crippen LogP) is 3.20. The van der Waals surface area contributed by atoms with Crippen LogP contribution in [-0.4, -0.2) is 24.5 Å². The van der Waals surface area contributed by atoms with Crippen molar-refractivity contribution in [1.29, 1.82) is 0 Å². The van der Waals surface area contributed by atoms with Gasteiger partial charge < -0.3 is 9.64 Å². The predicted molar refractivity (Wildman–Crippen MR) is 83.5 cm³/mol. The monoisotopic (exact) mass is 284 g/mol. The highest BCUT2D eigenvalue weighted by Gasteiger charge is 2.17. The molecular formula is C17H20N2O2. The summed E-state index contributed by atoms with van der Waals surface area (Å²) >= 11 is 0. The molecular weight excluding hydrogens is 264 g/mol. The van der Waals surface area contributed by atoms with Gasteiger partial charge in [-0.3, -0.25) is 0 Å². The summed E-state index contributed by atoms with van der Waals surface area (Å²) in [6.45, 7) is 4.97. The molecule has 0 radical (unpaired) electrons. The second-order valence-electron chi connectivity index (χ2n) is 4.90. The van der Waals surface area contributed by atoms with Crippen molar-refractivity contribution in [2.45, 2.75) is 20.5 Å². The van der Waals surface area contributed by atoms with Gasteiger partial charge in [0.25, 0.3) is 0 Å². The molecule has 2 aromatic rings. The number of anilines is 1. The molecule has 0 N–H and O–H groups in total. The van der Waals surface area contributed by atoms with Crippen LogP contribution in [0.5, 0.6) is 0 Å². The van der Waals surface area contributed by atoms with Gasteiger partial charge in [0.15, 0.2) is 0 Å². The molecule has 1 heterocycles. The lowest BCUT2D eigenvalue weighted by Crippen LogP contribution is -2.21. The third-order valence-corrected chi connectivity index (χ3v) is 3.28. The van der Waals surface area contributed by atoms with Crippen molar-refractivity contribution < 1.29 is 9.53 Å². The maximum absolute atomic E-state index is 12.3. The minimum Gasteiger partial charge on any atom is -0.457 e. The molecule has 0 aliphatic heterocycles. The number of esters is 1. The van der Waals surface area contributed by atoms with Gasteiger partial charge in [-0.15, -0.1) is 0 Å². The number of aromatic nitrogens is 1. The summed E-state index contributed by atoms with van der Waals surface area (Å²) in [5.41, 5.74) is 2.35. The molecule has 110 valence electrons. The van der Waals surface area contributed by atoms with Crippen molar-refractivity contribution in [2.24, 2.45) is 0 Å². The van der Waals surface area contributed by atoms with Crippen LogP contribution in [0.1, 0.15) is 28.5 Å². The van der Waals surface area contributed by atoms with E-state index in [1.54, 1.807) is 6.07 Å². The smallest absolute Gasteiger partial charge is 0.342 e. The van der Waals surface area contributed by atoms with Gasteiger partial charge in [-0.05, 0) is 31.5 Å². The lowest BCUT2D eigenvalue weighted by Gasteiger charge is -2.19. The maximum Gasteiger partial charge on any atom is 0.342 e. The summed E-state index contributed by atoms with van der Waals surface area (Å²) in [7, 11) is 1.91. The Bertz CT molecular complexity index is 611. The van der Waals surface area contributed by atoms with Crippen LogP contribution in [0.2, 0.25) is 0 Å². The van der Waals surface area contributed by atoms with E-state index >= 15 is 0 Å². The van der Waals surface area contributed by atoms with Crippen molar-refractivity contribution in [3.8, 4) is 0 Å². The van der Waals surface area contributed by atoms with Crippen molar-refractivity contribution in [2.75, 3.05) is 18.5 Å². The van der Waals surface area contributed by atoms with E-state index in [0.717, 1.165) is 17.8 Å². The molecule has 0 amide bonds. The minimum absolute atomic E-state index is 0.267. The third-order valence-electron chi connectivity index (χ3n) is 3.28. The third kappa shape index (κ3) is 3.81. The van der Waals surface area contributed by atoms with Gasteiger partial charge in [0.05, 0.1) is 0 Å². The second kappa shape index (κ2) is 6.88. The van der Waals surface area contributed by atoms with Gasteiger partial charge in [0.1, 0.15) is 18.0 Å². The van der Waals surface area contributed by atoms with Gasteiger partial charge in [-0.1, -0.05) is 30.3 Å². The van der Waals surface area contributed by atoms with Crippen LogP contribution in [0.3, 0.4) is 0 Å². The quantitative estimate of drug-likeness (QED) is 0.791. The van der Waals surface area contributed by atoms with Crippen molar-refractivity contribution in [3.63, 3.8) is 0 Å². The van der Waals surface area contributed by atoms with Crippen LogP contribution < -0.4 is 4.90 Å². The van der Waals surface area contributed by atoms with E-state index in [4.69, 9.17) is 4.74 Å². The molecule has 2 rings (SSSR count). The number of aryl methyl sites for hydroxylation is 1. The lowest BCUT2D eigenvalue weighted by atomic mass is 10.2. The van der Waals surface area contributed by atoms with E-state index in [1.807, 2.05) is 62.2 Å². The van der Waals surface area contributed by atoms with E-state index in [1.165, 1.54) is 0 Å². The highest BCUT2D eigenvalue weighted by molar-refractivity contribution is 5.94. The Labute approximate surface area is 125 Å². The molecule has 1 aromatic carbocycles. The number of carbonyl (C=O) groups is 1. The first-order chi connectivity index (χ1) is 10.1. The van der Waals surface area contributed by atoms with Crippen LogP contribution in [-0.2, 0) is 11.3 Å². The fourth-order valence-electron chi connectivity index (χ4n) is 1.94. The van der Waals surface area contributed by atoms with Crippen molar-refractivity contribution in [1.82, 2.24) is 4.98 Å². The lowest BCUT2D eigenvalue weighted by molar-refractivity contribution is 0.0473. The number of pyridine rings is 1. The number of carbonyl (C=O) groups excluding carboxylic acids is 1. The SMILES string of the molecule is CCN(C)c1nc(C)ccc1C(=O)OCc1ccccc1. The first kappa shape index (κ1) is 15.0. The number of nitrogens with zero attached hydrogens (tertiary/aromatic N) is 2. The summed E-state index contributed by atoms with van der Waals surface area (Å²) in [6.07, 6.45) is 0. The zero-order valence-electron chi connectivity index (χ0n) is 12.7. The summed E-state index contributed by atoms with van der Waals surface area (Å²) < 4.78 is 5.38. The first-order valence-corrected chi connectivity index (χ1v) is 7.01. The standard InChI is InChI=1S/C17H20N2O2/c1-4-19(3)16-15(11-10-13(2)18-16)17(20)21-12-14-8-6-5-7-9-14/h5-11H,4,12H2,1-3H3. The fraction of sp³-hybridized carbons (Fsp3) is 0.294. The van der Waals surface area contributed by atoms with Crippen molar-refractivity contribution in [3.05, 3.63) is 59.3 Å². The molecule has 0 saturated heterocycles. The Morgan fingerprint density at radius 3 is 2.57 bits per heavy atom. The molecule has 4 heteroatoms. The Hall–Kier alpha value is -2.36. The number of rotatable bonds is 5. The van der Waals surface area contributed by atoms with E-state index in [-0.39, 0.29) is 12.6 Å². The molecule has 4 nitrogen and oxygen atoms in total. The summed E-state index contributed by atoms with van der Waals surface area (Å²) in [4.78, 5) is 18.7. The van der Waals surface area contributed by atoms with Gasteiger partial charge >= 0.3 is 5.97 Å². The number of hydrogen-bond acceptors (Lipinski definition) is 4. The number of hydrogen-bond donors (Lipinski definition) is 0. The van der Waals surface area contributed by atoms with Gasteiger partial charge in [-0.25, -0.2) is 9.78 Å². The summed E-state index contributed by atoms with van der Waals surface area (Å²) in [6, 6.07) is 13.2. The molecule has 0 bridgehead atoms. The zero-order chi connectivity index (χ0) is 15.2. The zero-order valence-corrected chi connectivity index (χ0v) is 12.7. The second-order valence-corrected chi connectivity index (χ2v) is 4.90. The Morgan fingerprint density at radius 1 is 1.19 bits per heavy atom. The number of benzene rings is 1. The molecule has 0 aliphatic carbocycles. The molecule has 0 fully saturated rings. The van der Waals surface area contributed by atoms with Gasteiger partial charge in [0.2, 0.25) is 0 Å². The molecule has 0 aliphatic rings. The van der Waals surface area contributed by atoms with Crippen LogP contribution in [0, 0.1) is 6.92 Å². The summed E-state index contributed by atoms with van der Waals surface area (Å²) in [5.74, 6) is 0.317. The largest absolute Gasteiger partial charge is 0.457 e. The van der Waals surface area contributed by atoms with E-state index < -0.39 is 0 Å². The number of ether oxygens (including phenoxy) is 1. The molecule has 21 heavy (non-hydrogen) atoms. The normalized spacial score (nSPS) is 10.2. The van der Waals surface area contributed by atoms with Crippen LogP contribution in [0.4, 0.5) is 5.82 Å². The van der Waals surface area contributed by atoms with Gasteiger partial charge in [-0.2, -0.15) is 0 Å². The molecule has 0 atom stereocenters. The van der Waals surface area contributed by atoms with Gasteiger partial charge in [0, 0.05) is 19.3 Å². The molecule has 1 aromatic heterocycles. The highest BCUT2D eigenvalue weighted by Crippen LogP contribution is 2.19. The Kier molecular flexibility index (Phi) is 4.93. The van der Waals surface area contributed by atoms with E-state index in [0.29, 0.717) is 11.4 Å². The Morgan fingerprint density at radius 2 is 1.90 bits per heavy atom. The minimum atomic E-state index is -0.346. The highest BCUT2D eigenvalue weighted by atomic mass is 16.5. The molecule has 0 saturated carbocycles. The summed E-state index contributed by atoms with van der Waals surface area (Å²) in [5, 5.41) is 0. The van der Waals surface area contributed by atoms with Crippen LogP contribution >= 0.6 is 0 Å². The maximum atomic E-state index is 12.3. The van der Waals surface area contributed by atoms with E-state index in [9.17, 15) is 4.79 Å². The van der Waals surface area contributed by atoms with E-state index in [2.05, 4.69) is 4.98 Å². The molecule has 0 spiro atoms. The van der Waals surface area contributed by atoms with Crippen molar-refractivity contribution >= 4 is 11.8 Å². The fourth-order valence-corrected chi connectivity index (χ4v) is 1.94. The topological polar surface area (TPSA) is 42.4 Å². The molecule has 0 unspecified atom stereocenters. The first-order valence-electron chi connectivity index (χ1n) is 7.01.